The fraction of sp³-hybridized carbons (Fsp3) is 0.212. The number of hydrogen-bond donors (Lipinski definition) is 1. The molecule has 7 nitrogen and oxygen atoms in total. The number of anilines is 1. The number of carbonyl (C=O) groups is 2. The minimum atomic E-state index is -4.38. The summed E-state index contributed by atoms with van der Waals surface area (Å²) < 4.78 is 44.7. The number of sulfonamides is 1. The number of hydrogen-bond acceptors (Lipinski definition) is 4. The second-order valence-electron chi connectivity index (χ2n) is 10.0. The lowest BCUT2D eigenvalue weighted by Crippen LogP contribution is -2.53. The van der Waals surface area contributed by atoms with Crippen molar-refractivity contribution in [3.05, 3.63) is 130 Å². The summed E-state index contributed by atoms with van der Waals surface area (Å²) in [6, 6.07) is 27.1. The minimum absolute atomic E-state index is 0.0242. The number of likely N-dealkylation sites (N-methyl/N-ethyl adjacent to an activating group) is 1. The lowest BCUT2D eigenvalue weighted by atomic mass is 10.0. The lowest BCUT2D eigenvalue weighted by Gasteiger charge is -2.34. The summed E-state index contributed by atoms with van der Waals surface area (Å²) in [5, 5.41) is 2.82. The van der Waals surface area contributed by atoms with Crippen LogP contribution in [0.5, 0.6) is 0 Å². The number of carbonyl (C=O) groups excluding carboxylic acids is 2. The summed E-state index contributed by atoms with van der Waals surface area (Å²) >= 11 is 3.42. The Morgan fingerprint density at radius 1 is 0.860 bits per heavy atom. The number of para-hydroxylation sites is 1. The predicted octanol–water partition coefficient (Wildman–Crippen LogP) is 5.87. The smallest absolute Gasteiger partial charge is 0.264 e. The summed E-state index contributed by atoms with van der Waals surface area (Å²) in [6.07, 6.45) is 0.194. The molecule has 43 heavy (non-hydrogen) atoms. The van der Waals surface area contributed by atoms with E-state index in [1.165, 1.54) is 35.2 Å². The van der Waals surface area contributed by atoms with Gasteiger partial charge in [-0.25, -0.2) is 12.8 Å². The first kappa shape index (κ1) is 31.9. The number of rotatable bonds is 12. The van der Waals surface area contributed by atoms with Gasteiger partial charge >= 0.3 is 0 Å². The molecular weight excluding hydrogens is 633 g/mol. The van der Waals surface area contributed by atoms with Crippen molar-refractivity contribution in [1.82, 2.24) is 10.2 Å². The average molecular weight is 667 g/mol. The first-order valence-corrected chi connectivity index (χ1v) is 16.0. The molecule has 0 fully saturated rings. The summed E-state index contributed by atoms with van der Waals surface area (Å²) in [5.41, 5.74) is 2.14. The van der Waals surface area contributed by atoms with Crippen LogP contribution >= 0.6 is 15.9 Å². The molecule has 0 saturated carbocycles. The van der Waals surface area contributed by atoms with Crippen LogP contribution in [0.15, 0.2) is 112 Å². The lowest BCUT2D eigenvalue weighted by molar-refractivity contribution is -0.140. The normalized spacial score (nSPS) is 11.9. The maximum Gasteiger partial charge on any atom is 0.264 e. The molecule has 224 valence electrons. The fourth-order valence-corrected chi connectivity index (χ4v) is 6.32. The van der Waals surface area contributed by atoms with Crippen LogP contribution in [0, 0.1) is 12.7 Å². The van der Waals surface area contributed by atoms with E-state index >= 15 is 4.39 Å². The molecule has 0 bridgehead atoms. The molecule has 1 N–H and O–H groups in total. The average Bonchev–Trinajstić information content (AvgIpc) is 3.00. The molecule has 10 heteroatoms. The van der Waals surface area contributed by atoms with E-state index in [0.29, 0.717) is 6.54 Å². The maximum absolute atomic E-state index is 15.2. The number of amides is 2. The minimum Gasteiger partial charge on any atom is -0.355 e. The van der Waals surface area contributed by atoms with E-state index in [4.69, 9.17) is 0 Å². The Morgan fingerprint density at radius 3 is 2.12 bits per heavy atom. The number of nitrogens with zero attached hydrogens (tertiary/aromatic N) is 2. The van der Waals surface area contributed by atoms with Gasteiger partial charge in [0.25, 0.3) is 10.0 Å². The van der Waals surface area contributed by atoms with Crippen molar-refractivity contribution in [2.24, 2.45) is 0 Å². The van der Waals surface area contributed by atoms with E-state index in [1.54, 1.807) is 19.1 Å². The Hall–Kier alpha value is -4.02. The largest absolute Gasteiger partial charge is 0.355 e. The first-order valence-electron chi connectivity index (χ1n) is 13.8. The second kappa shape index (κ2) is 14.4. The Balaban J connectivity index is 1.80. The van der Waals surface area contributed by atoms with Crippen molar-refractivity contribution in [3.8, 4) is 0 Å². The Labute approximate surface area is 260 Å². The molecule has 2 amide bonds. The van der Waals surface area contributed by atoms with Gasteiger partial charge in [-0.1, -0.05) is 88.2 Å². The molecule has 0 aromatic heterocycles. The number of aryl methyl sites for hydroxylation is 1. The van der Waals surface area contributed by atoms with Gasteiger partial charge in [0.2, 0.25) is 11.8 Å². The van der Waals surface area contributed by atoms with Crippen LogP contribution in [0.2, 0.25) is 0 Å². The Bertz CT molecular complexity index is 1650. The number of halogens is 2. The highest BCUT2D eigenvalue weighted by Gasteiger charge is 2.35. The van der Waals surface area contributed by atoms with Crippen LogP contribution in [0.4, 0.5) is 10.1 Å². The van der Waals surface area contributed by atoms with Gasteiger partial charge in [-0.15, -0.1) is 0 Å². The topological polar surface area (TPSA) is 86.8 Å². The van der Waals surface area contributed by atoms with Crippen molar-refractivity contribution < 1.29 is 22.4 Å². The van der Waals surface area contributed by atoms with Gasteiger partial charge in [0.1, 0.15) is 18.4 Å². The monoisotopic (exact) mass is 665 g/mol. The van der Waals surface area contributed by atoms with Gasteiger partial charge in [0, 0.05) is 24.0 Å². The predicted molar refractivity (Wildman–Crippen MR) is 169 cm³/mol. The van der Waals surface area contributed by atoms with Crippen molar-refractivity contribution in [3.63, 3.8) is 0 Å². The summed E-state index contributed by atoms with van der Waals surface area (Å²) in [5.74, 6) is -1.83. The van der Waals surface area contributed by atoms with E-state index < -0.39 is 34.3 Å². The van der Waals surface area contributed by atoms with Gasteiger partial charge in [-0.05, 0) is 61.4 Å². The highest BCUT2D eigenvalue weighted by Crippen LogP contribution is 2.27. The number of benzene rings is 4. The van der Waals surface area contributed by atoms with E-state index in [9.17, 15) is 18.0 Å². The molecule has 0 aliphatic carbocycles. The molecule has 4 aromatic rings. The van der Waals surface area contributed by atoms with Crippen LogP contribution in [0.25, 0.3) is 0 Å². The zero-order valence-corrected chi connectivity index (χ0v) is 26.3. The van der Waals surface area contributed by atoms with Gasteiger partial charge in [-0.2, -0.15) is 0 Å². The maximum atomic E-state index is 15.2. The van der Waals surface area contributed by atoms with E-state index in [-0.39, 0.29) is 29.5 Å². The third kappa shape index (κ3) is 8.09. The van der Waals surface area contributed by atoms with E-state index in [0.717, 1.165) is 31.5 Å². The van der Waals surface area contributed by atoms with Crippen LogP contribution in [0.3, 0.4) is 0 Å². The Kier molecular flexibility index (Phi) is 10.7. The van der Waals surface area contributed by atoms with Crippen LogP contribution in [-0.4, -0.2) is 44.3 Å². The molecule has 0 aliphatic rings. The van der Waals surface area contributed by atoms with Crippen molar-refractivity contribution in [2.45, 2.75) is 37.8 Å². The van der Waals surface area contributed by atoms with Gasteiger partial charge in [-0.3, -0.25) is 13.9 Å². The van der Waals surface area contributed by atoms with Crippen LogP contribution in [0.1, 0.15) is 23.6 Å². The van der Waals surface area contributed by atoms with Gasteiger partial charge in [0.15, 0.2) is 0 Å². The van der Waals surface area contributed by atoms with E-state index in [1.807, 2.05) is 61.5 Å². The zero-order chi connectivity index (χ0) is 31.0. The highest BCUT2D eigenvalue weighted by atomic mass is 79.9. The molecule has 0 aliphatic heterocycles. The third-order valence-corrected chi connectivity index (χ3v) is 9.20. The zero-order valence-electron chi connectivity index (χ0n) is 23.9. The SMILES string of the molecule is CCNC(=O)C(Cc1ccccc1)N(Cc1ccc(Br)cc1)C(=O)CN(c1ccccc1F)S(=O)(=O)c1ccc(C)cc1. The molecule has 1 unspecified atom stereocenters. The first-order chi connectivity index (χ1) is 20.6. The van der Waals surface area contributed by atoms with Gasteiger partial charge in [0.05, 0.1) is 10.6 Å². The molecular formula is C33H33BrFN3O4S. The van der Waals surface area contributed by atoms with Crippen LogP contribution in [-0.2, 0) is 32.6 Å². The second-order valence-corrected chi connectivity index (χ2v) is 12.8. The fourth-order valence-electron chi connectivity index (χ4n) is 4.64. The van der Waals surface area contributed by atoms with Crippen LogP contribution < -0.4 is 9.62 Å². The molecule has 0 spiro atoms. The third-order valence-electron chi connectivity index (χ3n) is 6.90. The molecule has 1 atom stereocenters. The summed E-state index contributed by atoms with van der Waals surface area (Å²) in [7, 11) is -4.38. The molecule has 0 radical (unpaired) electrons. The van der Waals surface area contributed by atoms with Crippen molar-refractivity contribution in [1.29, 1.82) is 0 Å². The van der Waals surface area contributed by atoms with Crippen molar-refractivity contribution in [2.75, 3.05) is 17.4 Å². The molecule has 0 saturated heterocycles. The molecule has 4 rings (SSSR count). The molecule has 4 aromatic carbocycles. The molecule has 0 heterocycles. The van der Waals surface area contributed by atoms with Gasteiger partial charge < -0.3 is 10.2 Å². The quantitative estimate of drug-likeness (QED) is 0.205. The van der Waals surface area contributed by atoms with Crippen molar-refractivity contribution >= 4 is 43.5 Å². The standard InChI is InChI=1S/C33H33BrFN3O4S/c1-3-36-33(40)31(21-25-9-5-4-6-10-25)37(22-26-15-17-27(34)18-16-26)32(39)23-38(30-12-8-7-11-29(30)35)43(41,42)28-19-13-24(2)14-20-28/h4-20,31H,3,21-23H2,1-2H3,(H,36,40). The number of nitrogens with one attached hydrogen (secondary N) is 1. The highest BCUT2D eigenvalue weighted by molar-refractivity contribution is 9.10. The van der Waals surface area contributed by atoms with E-state index in [2.05, 4.69) is 21.2 Å². The summed E-state index contributed by atoms with van der Waals surface area (Å²) in [4.78, 5) is 29.1. The Morgan fingerprint density at radius 2 is 1.49 bits per heavy atom. The summed E-state index contributed by atoms with van der Waals surface area (Å²) in [6.45, 7) is 3.25.